The monoisotopic (exact) mass is 345 g/mol. The zero-order chi connectivity index (χ0) is 16.3. The van der Waals surface area contributed by atoms with E-state index in [-0.39, 0.29) is 6.03 Å². The number of urea groups is 1. The van der Waals surface area contributed by atoms with Crippen molar-refractivity contribution in [3.63, 3.8) is 0 Å². The molecule has 8 heteroatoms. The van der Waals surface area contributed by atoms with Crippen LogP contribution in [0.4, 0.5) is 10.5 Å². The molecule has 1 aliphatic heterocycles. The van der Waals surface area contributed by atoms with Gasteiger partial charge < -0.3 is 20.2 Å². The lowest BCUT2D eigenvalue weighted by atomic mass is 10.2. The second kappa shape index (κ2) is 7.07. The lowest BCUT2D eigenvalue weighted by Gasteiger charge is -2.36. The number of nitrogens with one attached hydrogen (secondary N) is 1. The summed E-state index contributed by atoms with van der Waals surface area (Å²) in [7, 11) is 0. The molecule has 0 bridgehead atoms. The first-order valence-corrected chi connectivity index (χ1v) is 7.62. The van der Waals surface area contributed by atoms with E-state index in [0.29, 0.717) is 36.2 Å². The van der Waals surface area contributed by atoms with Crippen LogP contribution in [0.2, 0.25) is 10.0 Å². The first kappa shape index (κ1) is 16.7. The fourth-order valence-corrected chi connectivity index (χ4v) is 2.48. The molecule has 0 radical (unpaired) electrons. The lowest BCUT2D eigenvalue weighted by Crippen LogP contribution is -2.54. The number of amides is 2. The maximum atomic E-state index is 11.9. The van der Waals surface area contributed by atoms with Gasteiger partial charge in [0, 0.05) is 31.9 Å². The molecule has 2 N–H and O–H groups in total. The Kier molecular flexibility index (Phi) is 5.37. The molecule has 1 aromatic carbocycles. The number of carboxylic acids is 1. The van der Waals surface area contributed by atoms with Gasteiger partial charge in [-0.3, -0.25) is 4.79 Å². The average molecular weight is 346 g/mol. The van der Waals surface area contributed by atoms with Crippen molar-refractivity contribution in [3.8, 4) is 0 Å². The number of benzene rings is 1. The number of aliphatic carboxylic acids is 1. The Labute approximate surface area is 138 Å². The summed E-state index contributed by atoms with van der Waals surface area (Å²) in [4.78, 5) is 26.4. The summed E-state index contributed by atoms with van der Waals surface area (Å²) in [6.07, 6.45) is 0. The first-order chi connectivity index (χ1) is 10.4. The summed E-state index contributed by atoms with van der Waals surface area (Å²) in [6, 6.07) is 4.17. The molecule has 0 unspecified atom stereocenters. The predicted octanol–water partition coefficient (Wildman–Crippen LogP) is 2.30. The number of carboxylic acid groups (broad SMARTS) is 1. The van der Waals surface area contributed by atoms with Gasteiger partial charge in [0.1, 0.15) is 6.04 Å². The minimum absolute atomic E-state index is 0.358. The van der Waals surface area contributed by atoms with Gasteiger partial charge in [0.05, 0.1) is 10.0 Å². The van der Waals surface area contributed by atoms with Crippen LogP contribution in [0, 0.1) is 0 Å². The molecular weight excluding hydrogens is 329 g/mol. The summed E-state index contributed by atoms with van der Waals surface area (Å²) < 4.78 is 0. The highest BCUT2D eigenvalue weighted by Crippen LogP contribution is 2.27. The molecule has 0 aliphatic carbocycles. The van der Waals surface area contributed by atoms with Gasteiger partial charge in [-0.1, -0.05) is 23.2 Å². The van der Waals surface area contributed by atoms with Gasteiger partial charge >= 0.3 is 12.0 Å². The predicted molar refractivity (Wildman–Crippen MR) is 85.9 cm³/mol. The van der Waals surface area contributed by atoms with Gasteiger partial charge in [0.15, 0.2) is 0 Å². The van der Waals surface area contributed by atoms with Gasteiger partial charge in [-0.15, -0.1) is 0 Å². The number of halogens is 2. The maximum Gasteiger partial charge on any atom is 0.325 e. The van der Waals surface area contributed by atoms with E-state index < -0.39 is 12.0 Å². The molecular formula is C14H17Cl2N3O3. The van der Waals surface area contributed by atoms with Crippen molar-refractivity contribution >= 4 is 40.9 Å². The number of nitrogens with zero attached hydrogens (tertiary/aromatic N) is 2. The highest BCUT2D eigenvalue weighted by molar-refractivity contribution is 6.42. The van der Waals surface area contributed by atoms with Crippen LogP contribution in [0.15, 0.2) is 18.2 Å². The Bertz CT molecular complexity index is 574. The summed E-state index contributed by atoms with van der Waals surface area (Å²) in [6.45, 7) is 3.75. The fraction of sp³-hybridized carbons (Fsp3) is 0.429. The molecule has 1 fully saturated rings. The molecule has 1 aliphatic rings. The third-order valence-electron chi connectivity index (χ3n) is 3.55. The van der Waals surface area contributed by atoms with Gasteiger partial charge in [-0.25, -0.2) is 4.79 Å². The Hall–Kier alpha value is -1.66. The number of piperazine rings is 1. The molecule has 2 rings (SSSR count). The van der Waals surface area contributed by atoms with Crippen molar-refractivity contribution in [1.82, 2.24) is 10.2 Å². The molecule has 1 aromatic rings. The molecule has 0 spiro atoms. The second-order valence-corrected chi connectivity index (χ2v) is 5.90. The van der Waals surface area contributed by atoms with Gasteiger partial charge in [0.25, 0.3) is 0 Å². The zero-order valence-electron chi connectivity index (χ0n) is 12.1. The first-order valence-electron chi connectivity index (χ1n) is 6.86. The molecule has 22 heavy (non-hydrogen) atoms. The molecule has 0 aromatic heterocycles. The summed E-state index contributed by atoms with van der Waals surface area (Å²) in [5, 5.41) is 12.3. The number of rotatable bonds is 3. The number of hydrogen-bond acceptors (Lipinski definition) is 3. The van der Waals surface area contributed by atoms with E-state index in [4.69, 9.17) is 28.3 Å². The summed E-state index contributed by atoms with van der Waals surface area (Å²) in [5.41, 5.74) is 0.952. The number of carbonyl (C=O) groups excluding carboxylic acids is 1. The Balaban J connectivity index is 1.91. The second-order valence-electron chi connectivity index (χ2n) is 5.08. The third-order valence-corrected chi connectivity index (χ3v) is 4.28. The van der Waals surface area contributed by atoms with Crippen LogP contribution in [0.25, 0.3) is 0 Å². The molecule has 1 heterocycles. The standard InChI is InChI=1S/C14H17Cl2N3O3/c1-9(13(20)21)17-14(22)19-6-4-18(5-7-19)10-2-3-11(15)12(16)8-10/h2-3,8-9H,4-7H2,1H3,(H,17,22)(H,20,21)/t9-/m0/s1. The van der Waals surface area contributed by atoms with Crippen molar-refractivity contribution in [3.05, 3.63) is 28.2 Å². The number of hydrogen-bond donors (Lipinski definition) is 2. The van der Waals surface area contributed by atoms with Crippen LogP contribution < -0.4 is 10.2 Å². The minimum atomic E-state index is -1.05. The lowest BCUT2D eigenvalue weighted by molar-refractivity contribution is -0.138. The van der Waals surface area contributed by atoms with E-state index in [1.807, 2.05) is 6.07 Å². The topological polar surface area (TPSA) is 72.9 Å². The van der Waals surface area contributed by atoms with Crippen LogP contribution in [0.1, 0.15) is 6.92 Å². The van der Waals surface area contributed by atoms with E-state index in [1.54, 1.807) is 17.0 Å². The van der Waals surface area contributed by atoms with Crippen LogP contribution in [-0.2, 0) is 4.79 Å². The molecule has 1 atom stereocenters. The largest absolute Gasteiger partial charge is 0.480 e. The normalized spacial score (nSPS) is 16.3. The Morgan fingerprint density at radius 1 is 1.18 bits per heavy atom. The zero-order valence-corrected chi connectivity index (χ0v) is 13.6. The van der Waals surface area contributed by atoms with Crippen LogP contribution in [0.5, 0.6) is 0 Å². The van der Waals surface area contributed by atoms with Crippen molar-refractivity contribution < 1.29 is 14.7 Å². The van der Waals surface area contributed by atoms with Crippen molar-refractivity contribution in [2.24, 2.45) is 0 Å². The van der Waals surface area contributed by atoms with Crippen molar-refractivity contribution in [1.29, 1.82) is 0 Å². The highest BCUT2D eigenvalue weighted by Gasteiger charge is 2.24. The average Bonchev–Trinajstić information content (AvgIpc) is 2.50. The third kappa shape index (κ3) is 3.96. The molecule has 1 saturated heterocycles. The molecule has 2 amide bonds. The Morgan fingerprint density at radius 2 is 1.82 bits per heavy atom. The molecule has 120 valence electrons. The highest BCUT2D eigenvalue weighted by atomic mass is 35.5. The van der Waals surface area contributed by atoms with Gasteiger partial charge in [-0.2, -0.15) is 0 Å². The van der Waals surface area contributed by atoms with Crippen molar-refractivity contribution in [2.75, 3.05) is 31.1 Å². The van der Waals surface area contributed by atoms with E-state index in [2.05, 4.69) is 10.2 Å². The van der Waals surface area contributed by atoms with Crippen LogP contribution >= 0.6 is 23.2 Å². The van der Waals surface area contributed by atoms with E-state index in [9.17, 15) is 9.59 Å². The van der Waals surface area contributed by atoms with Crippen molar-refractivity contribution in [2.45, 2.75) is 13.0 Å². The molecule has 0 saturated carbocycles. The fourth-order valence-electron chi connectivity index (χ4n) is 2.19. The Morgan fingerprint density at radius 3 is 2.36 bits per heavy atom. The smallest absolute Gasteiger partial charge is 0.325 e. The number of anilines is 1. The summed E-state index contributed by atoms with van der Waals surface area (Å²) in [5.74, 6) is -1.05. The van der Waals surface area contributed by atoms with Gasteiger partial charge in [0.2, 0.25) is 0 Å². The maximum absolute atomic E-state index is 11.9. The quantitative estimate of drug-likeness (QED) is 0.881. The minimum Gasteiger partial charge on any atom is -0.480 e. The van der Waals surface area contributed by atoms with E-state index in [0.717, 1.165) is 5.69 Å². The molecule has 6 nitrogen and oxygen atoms in total. The van der Waals surface area contributed by atoms with E-state index in [1.165, 1.54) is 6.92 Å². The van der Waals surface area contributed by atoms with Crippen LogP contribution in [0.3, 0.4) is 0 Å². The van der Waals surface area contributed by atoms with Crippen LogP contribution in [-0.4, -0.2) is 54.2 Å². The van der Waals surface area contributed by atoms with Gasteiger partial charge in [-0.05, 0) is 25.1 Å². The SMILES string of the molecule is C[C@H](NC(=O)N1CCN(c2ccc(Cl)c(Cl)c2)CC1)C(=O)O. The summed E-state index contributed by atoms with van der Waals surface area (Å²) >= 11 is 11.9. The number of carbonyl (C=O) groups is 2. The van der Waals surface area contributed by atoms with E-state index >= 15 is 0 Å².